The maximum Gasteiger partial charge on any atom is 0.263 e. The van der Waals surface area contributed by atoms with Gasteiger partial charge in [0.05, 0.1) is 28.2 Å². The molecule has 1 aliphatic rings. The second-order valence-electron chi connectivity index (χ2n) is 6.48. The Morgan fingerprint density at radius 1 is 1.41 bits per heavy atom. The van der Waals surface area contributed by atoms with Gasteiger partial charge in [0.15, 0.2) is 0 Å². The van der Waals surface area contributed by atoms with Crippen LogP contribution in [0.2, 0.25) is 5.02 Å². The molecule has 1 aliphatic carbocycles. The summed E-state index contributed by atoms with van der Waals surface area (Å²) in [5.74, 6) is 0.931. The molecule has 1 aromatic carbocycles. The van der Waals surface area contributed by atoms with E-state index < -0.39 is 0 Å². The van der Waals surface area contributed by atoms with E-state index in [1.165, 1.54) is 6.20 Å². The van der Waals surface area contributed by atoms with Gasteiger partial charge in [0.1, 0.15) is 23.3 Å². The van der Waals surface area contributed by atoms with Crippen LogP contribution in [0.4, 0.5) is 11.8 Å². The van der Waals surface area contributed by atoms with Crippen molar-refractivity contribution in [2.75, 3.05) is 11.1 Å². The van der Waals surface area contributed by atoms with E-state index in [0.717, 1.165) is 12.8 Å². The third kappa shape index (κ3) is 3.06. The predicted molar refractivity (Wildman–Crippen MR) is 102 cm³/mol. The minimum atomic E-state index is -0.386. The van der Waals surface area contributed by atoms with E-state index in [4.69, 9.17) is 22.3 Å². The molecule has 1 fully saturated rings. The van der Waals surface area contributed by atoms with Crippen molar-refractivity contribution in [1.82, 2.24) is 19.5 Å². The zero-order valence-corrected chi connectivity index (χ0v) is 15.2. The third-order valence-corrected chi connectivity index (χ3v) is 4.80. The number of nitrogen functional groups attached to an aromatic ring is 1. The first-order valence-electron chi connectivity index (χ1n) is 8.49. The van der Waals surface area contributed by atoms with Crippen LogP contribution in [0.1, 0.15) is 43.2 Å². The average Bonchev–Trinajstić information content (AvgIpc) is 3.46. The summed E-state index contributed by atoms with van der Waals surface area (Å²) >= 11 is 6.24. The standard InChI is InChI=1S/C18H16ClN7O/c1-9(23-15-10(7-20)8-22-18(21)25-15)16-24-13-4-2-3-12(19)14(13)17(27)26(16)11-5-6-11/h2-4,8-9,11H,5-6H2,1H3,(H3,21,22,23,25). The predicted octanol–water partition coefficient (Wildman–Crippen LogP) is 2.80. The molecule has 1 saturated carbocycles. The number of fused-ring (bicyclic) bond motifs is 1. The van der Waals surface area contributed by atoms with E-state index >= 15 is 0 Å². The highest BCUT2D eigenvalue weighted by atomic mass is 35.5. The summed E-state index contributed by atoms with van der Waals surface area (Å²) in [5, 5.41) is 13.2. The average molecular weight is 382 g/mol. The summed E-state index contributed by atoms with van der Waals surface area (Å²) < 4.78 is 1.70. The van der Waals surface area contributed by atoms with Gasteiger partial charge in [-0.15, -0.1) is 0 Å². The number of benzene rings is 1. The van der Waals surface area contributed by atoms with Gasteiger partial charge in [0.25, 0.3) is 5.56 Å². The summed E-state index contributed by atoms with van der Waals surface area (Å²) in [4.78, 5) is 25.7. The first kappa shape index (κ1) is 17.2. The van der Waals surface area contributed by atoms with Crippen LogP contribution in [0.25, 0.3) is 10.9 Å². The number of nitrogens with one attached hydrogen (secondary N) is 1. The smallest absolute Gasteiger partial charge is 0.263 e. The molecule has 3 N–H and O–H groups in total. The fourth-order valence-electron chi connectivity index (χ4n) is 3.07. The Labute approximate surface area is 159 Å². The number of nitrogens with two attached hydrogens (primary N) is 1. The number of halogens is 1. The van der Waals surface area contributed by atoms with Crippen LogP contribution in [0, 0.1) is 11.3 Å². The summed E-state index contributed by atoms with van der Waals surface area (Å²) in [6.07, 6.45) is 3.20. The second-order valence-corrected chi connectivity index (χ2v) is 6.89. The van der Waals surface area contributed by atoms with Gasteiger partial charge in [-0.1, -0.05) is 17.7 Å². The van der Waals surface area contributed by atoms with E-state index in [2.05, 4.69) is 15.3 Å². The Morgan fingerprint density at radius 2 is 2.19 bits per heavy atom. The second kappa shape index (κ2) is 6.52. The first-order valence-corrected chi connectivity index (χ1v) is 8.87. The van der Waals surface area contributed by atoms with Crippen LogP contribution >= 0.6 is 11.6 Å². The molecule has 0 amide bonds. The Morgan fingerprint density at radius 3 is 2.89 bits per heavy atom. The van der Waals surface area contributed by atoms with Crippen molar-refractivity contribution in [3.05, 3.63) is 51.2 Å². The molecule has 3 aromatic rings. The molecule has 0 radical (unpaired) electrons. The van der Waals surface area contributed by atoms with Crippen molar-refractivity contribution in [2.24, 2.45) is 0 Å². The van der Waals surface area contributed by atoms with Crippen LogP contribution in [0.15, 0.2) is 29.2 Å². The van der Waals surface area contributed by atoms with Crippen LogP contribution in [-0.2, 0) is 0 Å². The molecular formula is C18H16ClN7O. The Bertz CT molecular complexity index is 1150. The third-order valence-electron chi connectivity index (χ3n) is 4.49. The van der Waals surface area contributed by atoms with Crippen molar-refractivity contribution in [1.29, 1.82) is 5.26 Å². The summed E-state index contributed by atoms with van der Waals surface area (Å²) in [6, 6.07) is 6.97. The monoisotopic (exact) mass is 381 g/mol. The van der Waals surface area contributed by atoms with Crippen LogP contribution in [0.5, 0.6) is 0 Å². The van der Waals surface area contributed by atoms with Crippen molar-refractivity contribution < 1.29 is 0 Å². The zero-order valence-electron chi connectivity index (χ0n) is 14.5. The van der Waals surface area contributed by atoms with Crippen molar-refractivity contribution >= 4 is 34.3 Å². The molecule has 2 aromatic heterocycles. The van der Waals surface area contributed by atoms with Gasteiger partial charge in [-0.25, -0.2) is 9.97 Å². The molecule has 0 spiro atoms. The van der Waals surface area contributed by atoms with E-state index in [0.29, 0.717) is 27.6 Å². The highest BCUT2D eigenvalue weighted by Crippen LogP contribution is 2.36. The van der Waals surface area contributed by atoms with Gasteiger partial charge in [0.2, 0.25) is 5.95 Å². The lowest BCUT2D eigenvalue weighted by atomic mass is 10.2. The van der Waals surface area contributed by atoms with Crippen LogP contribution in [0.3, 0.4) is 0 Å². The van der Waals surface area contributed by atoms with Crippen molar-refractivity contribution in [2.45, 2.75) is 31.8 Å². The van der Waals surface area contributed by atoms with E-state index in [-0.39, 0.29) is 29.2 Å². The van der Waals surface area contributed by atoms with Gasteiger partial charge in [-0.05, 0) is 31.9 Å². The molecule has 2 heterocycles. The number of hydrogen-bond acceptors (Lipinski definition) is 7. The molecule has 0 aliphatic heterocycles. The lowest BCUT2D eigenvalue weighted by Crippen LogP contribution is -2.28. The molecular weight excluding hydrogens is 366 g/mol. The van der Waals surface area contributed by atoms with Gasteiger partial charge >= 0.3 is 0 Å². The SMILES string of the molecule is CC(Nc1nc(N)ncc1C#N)c1nc2cccc(Cl)c2c(=O)n1C1CC1. The van der Waals surface area contributed by atoms with Crippen molar-refractivity contribution in [3.63, 3.8) is 0 Å². The Balaban J connectivity index is 1.84. The number of nitriles is 1. The molecule has 0 bridgehead atoms. The normalized spacial score (nSPS) is 14.7. The highest BCUT2D eigenvalue weighted by Gasteiger charge is 2.30. The van der Waals surface area contributed by atoms with Gasteiger partial charge in [-0.3, -0.25) is 9.36 Å². The first-order chi connectivity index (χ1) is 13.0. The number of hydrogen-bond donors (Lipinski definition) is 2. The van der Waals surface area contributed by atoms with Crippen LogP contribution < -0.4 is 16.6 Å². The maximum absolute atomic E-state index is 13.1. The molecule has 8 nitrogen and oxygen atoms in total. The Kier molecular flexibility index (Phi) is 4.16. The fourth-order valence-corrected chi connectivity index (χ4v) is 3.32. The fraction of sp³-hybridized carbons (Fsp3) is 0.278. The van der Waals surface area contributed by atoms with E-state index in [1.54, 1.807) is 22.8 Å². The number of rotatable bonds is 4. The molecule has 4 rings (SSSR count). The number of aromatic nitrogens is 4. The summed E-state index contributed by atoms with van der Waals surface area (Å²) in [6.45, 7) is 1.86. The molecule has 1 unspecified atom stereocenters. The lowest BCUT2D eigenvalue weighted by molar-refractivity contribution is 0.609. The summed E-state index contributed by atoms with van der Waals surface area (Å²) in [5.41, 5.74) is 6.29. The van der Waals surface area contributed by atoms with Gasteiger partial charge in [0, 0.05) is 6.04 Å². The highest BCUT2D eigenvalue weighted by molar-refractivity contribution is 6.35. The van der Waals surface area contributed by atoms with E-state index in [1.807, 2.05) is 13.0 Å². The zero-order chi connectivity index (χ0) is 19.1. The quantitative estimate of drug-likeness (QED) is 0.712. The van der Waals surface area contributed by atoms with Gasteiger partial charge < -0.3 is 11.1 Å². The van der Waals surface area contributed by atoms with Crippen LogP contribution in [-0.4, -0.2) is 19.5 Å². The van der Waals surface area contributed by atoms with Crippen molar-refractivity contribution in [3.8, 4) is 6.07 Å². The molecule has 136 valence electrons. The maximum atomic E-state index is 13.1. The largest absolute Gasteiger partial charge is 0.368 e. The number of anilines is 2. The topological polar surface area (TPSA) is 123 Å². The van der Waals surface area contributed by atoms with Gasteiger partial charge in [-0.2, -0.15) is 10.2 Å². The summed E-state index contributed by atoms with van der Waals surface area (Å²) in [7, 11) is 0. The minimum Gasteiger partial charge on any atom is -0.368 e. The van der Waals surface area contributed by atoms with E-state index in [9.17, 15) is 10.1 Å². The molecule has 27 heavy (non-hydrogen) atoms. The molecule has 9 heteroatoms. The molecule has 1 atom stereocenters. The lowest BCUT2D eigenvalue weighted by Gasteiger charge is -2.20. The number of nitrogens with zero attached hydrogens (tertiary/aromatic N) is 5. The molecule has 0 saturated heterocycles. The minimum absolute atomic E-state index is 0.0570. The Hall–Kier alpha value is -3.18.